The van der Waals surface area contributed by atoms with Crippen molar-refractivity contribution in [2.45, 2.75) is 0 Å². The molecule has 0 spiro atoms. The molecule has 0 aromatic carbocycles. The highest BCUT2D eigenvalue weighted by Crippen LogP contribution is 1.76. The molecule has 19 heavy (non-hydrogen) atoms. The molecule has 0 atom stereocenters. The minimum absolute atomic E-state index is 0. The maximum atomic E-state index is 5.06. The molecule has 0 amide bonds. The standard InChI is InChI=1S/2C6H14O3.H2O/c2*1-7-3-5-9-6-4-8-2;/h2*3-6H2,1-2H3;1H2. The molecule has 0 heterocycles. The van der Waals surface area contributed by atoms with Crippen molar-refractivity contribution in [1.29, 1.82) is 0 Å². The van der Waals surface area contributed by atoms with Crippen LogP contribution < -0.4 is 0 Å². The van der Waals surface area contributed by atoms with E-state index in [1.807, 2.05) is 0 Å². The SMILES string of the molecule is COCCOCCOC.COCCOCCOC.O. The fourth-order valence-corrected chi connectivity index (χ4v) is 0.773. The van der Waals surface area contributed by atoms with Gasteiger partial charge >= 0.3 is 0 Å². The van der Waals surface area contributed by atoms with E-state index in [0.29, 0.717) is 52.9 Å². The number of hydrogen-bond acceptors (Lipinski definition) is 6. The van der Waals surface area contributed by atoms with Gasteiger partial charge in [-0.15, -0.1) is 0 Å². The Balaban J connectivity index is -0.000000256. The molecule has 0 bridgehead atoms. The van der Waals surface area contributed by atoms with Gasteiger partial charge in [-0.25, -0.2) is 0 Å². The van der Waals surface area contributed by atoms with Crippen molar-refractivity contribution in [3.63, 3.8) is 0 Å². The van der Waals surface area contributed by atoms with Crippen molar-refractivity contribution < 1.29 is 33.9 Å². The maximum Gasteiger partial charge on any atom is 0.0701 e. The lowest BCUT2D eigenvalue weighted by Gasteiger charge is -2.00. The monoisotopic (exact) mass is 286 g/mol. The van der Waals surface area contributed by atoms with Crippen molar-refractivity contribution in [3.05, 3.63) is 0 Å². The van der Waals surface area contributed by atoms with Gasteiger partial charge in [0.25, 0.3) is 0 Å². The number of hydrogen-bond donors (Lipinski definition) is 0. The summed E-state index contributed by atoms with van der Waals surface area (Å²) >= 11 is 0. The molecule has 0 radical (unpaired) electrons. The zero-order valence-electron chi connectivity index (χ0n) is 12.6. The van der Waals surface area contributed by atoms with E-state index in [-0.39, 0.29) is 5.48 Å². The molecule has 0 saturated carbocycles. The highest BCUT2D eigenvalue weighted by Gasteiger charge is 1.85. The fraction of sp³-hybridized carbons (Fsp3) is 1.00. The molecule has 0 aliphatic heterocycles. The van der Waals surface area contributed by atoms with E-state index in [2.05, 4.69) is 0 Å². The summed E-state index contributed by atoms with van der Waals surface area (Å²) in [5.41, 5.74) is 0. The first kappa shape index (κ1) is 23.8. The van der Waals surface area contributed by atoms with E-state index in [1.165, 1.54) is 0 Å². The van der Waals surface area contributed by atoms with Crippen LogP contribution in [-0.4, -0.2) is 86.8 Å². The number of methoxy groups -OCH3 is 4. The summed E-state index contributed by atoms with van der Waals surface area (Å²) in [6.45, 7) is 5.24. The molecule has 0 aromatic heterocycles. The van der Waals surface area contributed by atoms with Crippen LogP contribution in [0.15, 0.2) is 0 Å². The molecular formula is C12H30O7. The lowest BCUT2D eigenvalue weighted by atomic mass is 10.7. The molecule has 0 aliphatic rings. The Bertz CT molecular complexity index is 98.6. The number of rotatable bonds is 12. The van der Waals surface area contributed by atoms with Gasteiger partial charge in [0.05, 0.1) is 52.9 Å². The van der Waals surface area contributed by atoms with Gasteiger partial charge in [-0.05, 0) is 0 Å². The van der Waals surface area contributed by atoms with Crippen molar-refractivity contribution in [1.82, 2.24) is 0 Å². The lowest BCUT2D eigenvalue weighted by molar-refractivity contribution is 0.0385. The van der Waals surface area contributed by atoms with Crippen molar-refractivity contribution >= 4 is 0 Å². The maximum absolute atomic E-state index is 5.06. The predicted octanol–water partition coefficient (Wildman–Crippen LogP) is -0.233. The van der Waals surface area contributed by atoms with Gasteiger partial charge in [-0.2, -0.15) is 0 Å². The second kappa shape index (κ2) is 26.3. The van der Waals surface area contributed by atoms with Gasteiger partial charge in [0.15, 0.2) is 0 Å². The van der Waals surface area contributed by atoms with E-state index < -0.39 is 0 Å². The van der Waals surface area contributed by atoms with Crippen molar-refractivity contribution in [3.8, 4) is 0 Å². The van der Waals surface area contributed by atoms with Crippen LogP contribution in [-0.2, 0) is 28.4 Å². The minimum Gasteiger partial charge on any atom is -0.412 e. The Kier molecular flexibility index (Phi) is 32.9. The van der Waals surface area contributed by atoms with Gasteiger partial charge in [0, 0.05) is 28.4 Å². The summed E-state index contributed by atoms with van der Waals surface area (Å²) in [5.74, 6) is 0. The van der Waals surface area contributed by atoms with E-state index >= 15 is 0 Å². The Morgan fingerprint density at radius 2 is 0.632 bits per heavy atom. The topological polar surface area (TPSA) is 86.9 Å². The highest BCUT2D eigenvalue weighted by atomic mass is 16.5. The summed E-state index contributed by atoms with van der Waals surface area (Å²) in [6.07, 6.45) is 0. The minimum atomic E-state index is 0. The van der Waals surface area contributed by atoms with E-state index in [0.717, 1.165) is 0 Å². The van der Waals surface area contributed by atoms with E-state index in [9.17, 15) is 0 Å². The van der Waals surface area contributed by atoms with Crippen molar-refractivity contribution in [2.75, 3.05) is 81.3 Å². The van der Waals surface area contributed by atoms with Crippen LogP contribution in [0.5, 0.6) is 0 Å². The first-order valence-corrected chi connectivity index (χ1v) is 5.94. The summed E-state index contributed by atoms with van der Waals surface area (Å²) in [6, 6.07) is 0. The molecule has 0 aromatic rings. The van der Waals surface area contributed by atoms with Gasteiger partial charge in [0.2, 0.25) is 0 Å². The second-order valence-electron chi connectivity index (χ2n) is 3.20. The van der Waals surface area contributed by atoms with Crippen LogP contribution in [0.1, 0.15) is 0 Å². The molecule has 120 valence electrons. The van der Waals surface area contributed by atoms with Crippen LogP contribution in [0.4, 0.5) is 0 Å². The molecule has 0 aliphatic carbocycles. The van der Waals surface area contributed by atoms with Gasteiger partial charge < -0.3 is 33.9 Å². The first-order valence-electron chi connectivity index (χ1n) is 5.94. The molecule has 7 heteroatoms. The average Bonchev–Trinajstić information content (AvgIpc) is 2.39. The number of ether oxygens (including phenoxy) is 6. The Morgan fingerprint density at radius 1 is 0.421 bits per heavy atom. The van der Waals surface area contributed by atoms with Crippen LogP contribution >= 0.6 is 0 Å². The Labute approximate surface area is 116 Å². The summed E-state index contributed by atoms with van der Waals surface area (Å²) in [7, 11) is 6.61. The Hall–Kier alpha value is -0.280. The molecule has 7 nitrogen and oxygen atoms in total. The molecule has 0 rings (SSSR count). The van der Waals surface area contributed by atoms with Crippen molar-refractivity contribution in [2.24, 2.45) is 0 Å². The zero-order chi connectivity index (χ0) is 13.9. The molecule has 2 N–H and O–H groups in total. The third-order valence-electron chi connectivity index (χ3n) is 1.73. The van der Waals surface area contributed by atoms with Crippen LogP contribution in [0.3, 0.4) is 0 Å². The predicted molar refractivity (Wildman–Crippen MR) is 72.8 cm³/mol. The van der Waals surface area contributed by atoms with Gasteiger partial charge in [-0.3, -0.25) is 0 Å². The zero-order valence-corrected chi connectivity index (χ0v) is 12.6. The van der Waals surface area contributed by atoms with E-state index in [4.69, 9.17) is 28.4 Å². The van der Waals surface area contributed by atoms with Crippen LogP contribution in [0, 0.1) is 0 Å². The summed E-state index contributed by atoms with van der Waals surface area (Å²) in [5, 5.41) is 0. The largest absolute Gasteiger partial charge is 0.412 e. The first-order chi connectivity index (χ1) is 8.83. The second-order valence-corrected chi connectivity index (χ2v) is 3.20. The quantitative estimate of drug-likeness (QED) is 0.460. The third-order valence-corrected chi connectivity index (χ3v) is 1.73. The van der Waals surface area contributed by atoms with Gasteiger partial charge in [0.1, 0.15) is 0 Å². The summed E-state index contributed by atoms with van der Waals surface area (Å²) < 4.78 is 29.2. The highest BCUT2D eigenvalue weighted by molar-refractivity contribution is 4.28. The average molecular weight is 286 g/mol. The summed E-state index contributed by atoms with van der Waals surface area (Å²) in [4.78, 5) is 0. The molecular weight excluding hydrogens is 256 g/mol. The molecule has 0 saturated heterocycles. The Morgan fingerprint density at radius 3 is 0.789 bits per heavy atom. The van der Waals surface area contributed by atoms with Gasteiger partial charge in [-0.1, -0.05) is 0 Å². The van der Waals surface area contributed by atoms with Crippen LogP contribution in [0.2, 0.25) is 0 Å². The van der Waals surface area contributed by atoms with Crippen LogP contribution in [0.25, 0.3) is 0 Å². The normalized spacial score (nSPS) is 9.47. The molecule has 0 unspecified atom stereocenters. The third kappa shape index (κ3) is 31.9. The molecule has 0 fully saturated rings. The van der Waals surface area contributed by atoms with E-state index in [1.54, 1.807) is 28.4 Å². The smallest absolute Gasteiger partial charge is 0.0701 e. The fourth-order valence-electron chi connectivity index (χ4n) is 0.773. The lowest BCUT2D eigenvalue weighted by Crippen LogP contribution is -2.06.